The molecular weight excluding hydrogens is 415 g/mol. The van der Waals surface area contributed by atoms with Gasteiger partial charge in [-0.1, -0.05) is 23.2 Å². The largest absolute Gasteiger partial charge is 0.323 e. The van der Waals surface area contributed by atoms with Crippen molar-refractivity contribution in [1.82, 2.24) is 29.6 Å². The van der Waals surface area contributed by atoms with E-state index in [1.165, 1.54) is 23.4 Å². The third-order valence-electron chi connectivity index (χ3n) is 4.57. The summed E-state index contributed by atoms with van der Waals surface area (Å²) >= 11 is 12.4. The van der Waals surface area contributed by atoms with Gasteiger partial charge in [-0.15, -0.1) is 4.80 Å². The van der Waals surface area contributed by atoms with E-state index in [9.17, 15) is 4.79 Å². The van der Waals surface area contributed by atoms with Crippen molar-refractivity contribution in [2.45, 2.75) is 18.8 Å². The summed E-state index contributed by atoms with van der Waals surface area (Å²) in [4.78, 5) is 18.1. The molecule has 4 aromatic heterocycles. The Morgan fingerprint density at radius 1 is 1.07 bits per heavy atom. The summed E-state index contributed by atoms with van der Waals surface area (Å²) in [7, 11) is 0. The fourth-order valence-electron chi connectivity index (χ4n) is 3.20. The predicted molar refractivity (Wildman–Crippen MR) is 109 cm³/mol. The number of urea groups is 1. The molecule has 1 aliphatic rings. The number of nitrogens with zero attached hydrogens (tertiary/aromatic N) is 6. The van der Waals surface area contributed by atoms with Gasteiger partial charge in [-0.05, 0) is 30.9 Å². The Morgan fingerprint density at radius 2 is 1.86 bits per heavy atom. The molecule has 0 spiro atoms. The number of fused-ring (bicyclic) bond motifs is 1. The van der Waals surface area contributed by atoms with Crippen molar-refractivity contribution in [1.29, 1.82) is 0 Å². The van der Waals surface area contributed by atoms with Gasteiger partial charge < -0.3 is 10.6 Å². The number of halogens is 2. The van der Waals surface area contributed by atoms with Gasteiger partial charge in [-0.2, -0.15) is 15.3 Å². The molecule has 0 saturated heterocycles. The van der Waals surface area contributed by atoms with Crippen molar-refractivity contribution in [2.24, 2.45) is 0 Å². The standard InChI is InChI=1S/C18H14Cl2N8O/c19-11-5-15-16(10-1-2-10)14(8-24-27(15)9-11)26-18(29)25-12-6-13(20)17(21-7-12)28-22-3-4-23-28/h3-10H,1-2H2,(H2,25,26,29). The van der Waals surface area contributed by atoms with E-state index < -0.39 is 6.03 Å². The first-order chi connectivity index (χ1) is 14.1. The maximum absolute atomic E-state index is 12.6. The number of pyridine rings is 1. The van der Waals surface area contributed by atoms with E-state index in [-0.39, 0.29) is 0 Å². The lowest BCUT2D eigenvalue weighted by Gasteiger charge is -2.13. The number of aromatic nitrogens is 6. The SMILES string of the molecule is O=C(Nc1cnc(-n2nccn2)c(Cl)c1)Nc1cnn2cc(Cl)cc2c1C1CC1. The van der Waals surface area contributed by atoms with Crippen LogP contribution in [0.3, 0.4) is 0 Å². The van der Waals surface area contributed by atoms with Crippen LogP contribution in [0.4, 0.5) is 16.2 Å². The second kappa shape index (κ2) is 7.02. The number of anilines is 2. The fourth-order valence-corrected chi connectivity index (χ4v) is 3.64. The van der Waals surface area contributed by atoms with Crippen molar-refractivity contribution < 1.29 is 4.79 Å². The van der Waals surface area contributed by atoms with Crippen LogP contribution in [0.15, 0.2) is 43.1 Å². The summed E-state index contributed by atoms with van der Waals surface area (Å²) in [5, 5.41) is 18.8. The molecule has 11 heteroatoms. The molecule has 29 heavy (non-hydrogen) atoms. The van der Waals surface area contributed by atoms with Crippen LogP contribution < -0.4 is 10.6 Å². The quantitative estimate of drug-likeness (QED) is 0.508. The van der Waals surface area contributed by atoms with Gasteiger partial charge in [0, 0.05) is 11.8 Å². The number of hydrogen-bond donors (Lipinski definition) is 2. The van der Waals surface area contributed by atoms with Gasteiger partial charge in [0.2, 0.25) is 0 Å². The summed E-state index contributed by atoms with van der Waals surface area (Å²) in [6, 6.07) is 3.03. The molecule has 1 saturated carbocycles. The number of amides is 2. The zero-order valence-electron chi connectivity index (χ0n) is 14.9. The average Bonchev–Trinajstić information content (AvgIpc) is 3.21. The molecule has 4 aromatic rings. The predicted octanol–water partition coefficient (Wildman–Crippen LogP) is 4.14. The lowest BCUT2D eigenvalue weighted by atomic mass is 10.1. The number of nitrogens with one attached hydrogen (secondary N) is 2. The number of carbonyl (C=O) groups is 1. The van der Waals surface area contributed by atoms with Crippen LogP contribution in [0.1, 0.15) is 24.3 Å². The highest BCUT2D eigenvalue weighted by molar-refractivity contribution is 6.32. The molecule has 2 N–H and O–H groups in total. The van der Waals surface area contributed by atoms with Crippen molar-refractivity contribution in [3.63, 3.8) is 0 Å². The molecule has 0 aromatic carbocycles. The Kier molecular flexibility index (Phi) is 4.33. The summed E-state index contributed by atoms with van der Waals surface area (Å²) in [6.45, 7) is 0. The van der Waals surface area contributed by atoms with Crippen LogP contribution in [0, 0.1) is 0 Å². The third-order valence-corrected chi connectivity index (χ3v) is 5.05. The minimum atomic E-state index is -0.418. The molecule has 0 atom stereocenters. The number of carbonyl (C=O) groups excluding carboxylic acids is 1. The molecule has 1 aliphatic carbocycles. The van der Waals surface area contributed by atoms with Crippen LogP contribution >= 0.6 is 23.2 Å². The first kappa shape index (κ1) is 17.9. The fraction of sp³-hybridized carbons (Fsp3) is 0.167. The lowest BCUT2D eigenvalue weighted by Crippen LogP contribution is -2.21. The maximum Gasteiger partial charge on any atom is 0.323 e. The summed E-state index contributed by atoms with van der Waals surface area (Å²) < 4.78 is 1.73. The molecule has 9 nitrogen and oxygen atoms in total. The van der Waals surface area contributed by atoms with E-state index in [0.29, 0.717) is 33.2 Å². The van der Waals surface area contributed by atoms with E-state index in [0.717, 1.165) is 23.9 Å². The van der Waals surface area contributed by atoms with Crippen LogP contribution in [0.25, 0.3) is 11.3 Å². The van der Waals surface area contributed by atoms with Crippen molar-refractivity contribution in [3.05, 3.63) is 58.7 Å². The van der Waals surface area contributed by atoms with E-state index in [4.69, 9.17) is 23.2 Å². The van der Waals surface area contributed by atoms with Crippen LogP contribution in [-0.2, 0) is 0 Å². The van der Waals surface area contributed by atoms with Gasteiger partial charge in [-0.3, -0.25) is 0 Å². The van der Waals surface area contributed by atoms with Crippen molar-refractivity contribution >= 4 is 46.1 Å². The second-order valence-corrected chi connectivity index (χ2v) is 7.51. The average molecular weight is 429 g/mol. The summed E-state index contributed by atoms with van der Waals surface area (Å²) in [5.74, 6) is 0.761. The lowest BCUT2D eigenvalue weighted by molar-refractivity contribution is 0.262. The number of hydrogen-bond acceptors (Lipinski definition) is 5. The first-order valence-corrected chi connectivity index (χ1v) is 9.61. The highest BCUT2D eigenvalue weighted by atomic mass is 35.5. The molecule has 0 unspecified atom stereocenters. The third kappa shape index (κ3) is 3.50. The molecule has 4 heterocycles. The Morgan fingerprint density at radius 3 is 2.59 bits per heavy atom. The van der Waals surface area contributed by atoms with Gasteiger partial charge in [0.1, 0.15) is 0 Å². The molecule has 1 fully saturated rings. The normalized spacial score (nSPS) is 13.6. The number of rotatable bonds is 4. The Balaban J connectivity index is 1.37. The molecule has 2 amide bonds. The van der Waals surface area contributed by atoms with Crippen molar-refractivity contribution in [3.8, 4) is 5.82 Å². The molecule has 0 aliphatic heterocycles. The van der Waals surface area contributed by atoms with E-state index in [1.54, 1.807) is 23.0 Å². The monoisotopic (exact) mass is 428 g/mol. The highest BCUT2D eigenvalue weighted by Gasteiger charge is 2.29. The first-order valence-electron chi connectivity index (χ1n) is 8.85. The molecule has 0 radical (unpaired) electrons. The van der Waals surface area contributed by atoms with E-state index in [2.05, 4.69) is 30.9 Å². The van der Waals surface area contributed by atoms with Gasteiger partial charge in [0.05, 0.1) is 51.7 Å². The molecule has 5 rings (SSSR count). The van der Waals surface area contributed by atoms with Crippen LogP contribution in [0.5, 0.6) is 0 Å². The van der Waals surface area contributed by atoms with Gasteiger partial charge >= 0.3 is 6.03 Å². The Bertz CT molecular complexity index is 1220. The van der Waals surface area contributed by atoms with Gasteiger partial charge in [0.25, 0.3) is 0 Å². The Labute approximate surface area is 174 Å². The second-order valence-electron chi connectivity index (χ2n) is 6.66. The van der Waals surface area contributed by atoms with Crippen molar-refractivity contribution in [2.75, 3.05) is 10.6 Å². The Hall–Kier alpha value is -3.17. The smallest absolute Gasteiger partial charge is 0.306 e. The van der Waals surface area contributed by atoms with Crippen LogP contribution in [-0.4, -0.2) is 35.6 Å². The summed E-state index contributed by atoms with van der Waals surface area (Å²) in [6.07, 6.45) is 10.1. The zero-order chi connectivity index (χ0) is 20.0. The maximum atomic E-state index is 12.6. The minimum Gasteiger partial charge on any atom is -0.306 e. The molecular formula is C18H14Cl2N8O. The zero-order valence-corrected chi connectivity index (χ0v) is 16.4. The van der Waals surface area contributed by atoms with Gasteiger partial charge in [0.15, 0.2) is 5.82 Å². The molecule has 146 valence electrons. The van der Waals surface area contributed by atoms with E-state index in [1.807, 2.05) is 6.07 Å². The van der Waals surface area contributed by atoms with E-state index >= 15 is 0 Å². The molecule has 0 bridgehead atoms. The van der Waals surface area contributed by atoms with Gasteiger partial charge in [-0.25, -0.2) is 14.3 Å². The topological polar surface area (TPSA) is 102 Å². The minimum absolute atomic E-state index is 0.309. The van der Waals surface area contributed by atoms with Crippen LogP contribution in [0.2, 0.25) is 10.0 Å². The summed E-state index contributed by atoms with van der Waals surface area (Å²) in [5.41, 5.74) is 3.04. The highest BCUT2D eigenvalue weighted by Crippen LogP contribution is 2.45.